The smallest absolute Gasteiger partial charge is 0.337 e. The molecular weight excluding hydrogens is 310 g/mol. The minimum Gasteiger partial charge on any atom is -0.496 e. The number of ether oxygens (including phenoxy) is 2. The Balaban J connectivity index is 2.32. The van der Waals surface area contributed by atoms with Gasteiger partial charge >= 0.3 is 5.97 Å². The number of benzene rings is 1. The van der Waals surface area contributed by atoms with Crippen LogP contribution in [0.2, 0.25) is 0 Å². The predicted molar refractivity (Wildman–Crippen MR) is 88.7 cm³/mol. The summed E-state index contributed by atoms with van der Waals surface area (Å²) < 4.78 is 12.8. The number of hydrogen-bond donors (Lipinski definition) is 1. The zero-order chi connectivity index (χ0) is 17.3. The van der Waals surface area contributed by atoms with E-state index in [1.54, 1.807) is 14.2 Å². The number of aryl methyl sites for hydroxylation is 1. The van der Waals surface area contributed by atoms with E-state index in [2.05, 4.69) is 9.97 Å². The summed E-state index contributed by atoms with van der Waals surface area (Å²) in [4.78, 5) is 20.0. The standard InChI is InChI=1S/C17H17N3O4/c1-4-20-15-11(8-10(9-18-15)17(21)22)19-16(20)14-12(23-2)6-5-7-13(14)24-3/h5-9H,4H2,1-3H3,(H,21,22). The Bertz CT molecular complexity index is 895. The topological polar surface area (TPSA) is 86.5 Å². The third-order valence-corrected chi connectivity index (χ3v) is 3.80. The van der Waals surface area contributed by atoms with Gasteiger partial charge in [-0.05, 0) is 25.1 Å². The molecule has 24 heavy (non-hydrogen) atoms. The van der Waals surface area contributed by atoms with Crippen molar-refractivity contribution < 1.29 is 19.4 Å². The van der Waals surface area contributed by atoms with Gasteiger partial charge in [-0.3, -0.25) is 0 Å². The number of aromatic nitrogens is 3. The number of rotatable bonds is 5. The van der Waals surface area contributed by atoms with Crippen LogP contribution in [-0.4, -0.2) is 39.8 Å². The maximum Gasteiger partial charge on any atom is 0.337 e. The molecule has 0 spiro atoms. The summed E-state index contributed by atoms with van der Waals surface area (Å²) in [5.74, 6) is 0.833. The second-order valence-corrected chi connectivity index (χ2v) is 5.09. The van der Waals surface area contributed by atoms with Gasteiger partial charge in [-0.2, -0.15) is 0 Å². The van der Waals surface area contributed by atoms with Gasteiger partial charge in [-0.25, -0.2) is 14.8 Å². The van der Waals surface area contributed by atoms with Crippen LogP contribution in [-0.2, 0) is 6.54 Å². The van der Waals surface area contributed by atoms with Gasteiger partial charge < -0.3 is 19.1 Å². The second kappa shape index (κ2) is 6.19. The summed E-state index contributed by atoms with van der Waals surface area (Å²) in [6, 6.07) is 7.00. The molecule has 3 rings (SSSR count). The summed E-state index contributed by atoms with van der Waals surface area (Å²) in [5.41, 5.74) is 1.94. The summed E-state index contributed by atoms with van der Waals surface area (Å²) in [7, 11) is 3.16. The van der Waals surface area contributed by atoms with E-state index in [0.29, 0.717) is 40.6 Å². The van der Waals surface area contributed by atoms with E-state index in [4.69, 9.17) is 14.6 Å². The van der Waals surface area contributed by atoms with Crippen molar-refractivity contribution in [3.05, 3.63) is 36.0 Å². The number of pyridine rings is 1. The highest BCUT2D eigenvalue weighted by molar-refractivity contribution is 5.92. The first-order valence-corrected chi connectivity index (χ1v) is 7.41. The molecule has 0 bridgehead atoms. The van der Waals surface area contributed by atoms with Gasteiger partial charge in [0.05, 0.1) is 19.8 Å². The van der Waals surface area contributed by atoms with Crippen LogP contribution in [0.15, 0.2) is 30.5 Å². The van der Waals surface area contributed by atoms with Crippen LogP contribution in [0.25, 0.3) is 22.6 Å². The molecule has 1 N–H and O–H groups in total. The fourth-order valence-corrected chi connectivity index (χ4v) is 2.69. The number of aromatic carboxylic acids is 1. The van der Waals surface area contributed by atoms with Gasteiger partial charge in [-0.15, -0.1) is 0 Å². The number of imidazole rings is 1. The van der Waals surface area contributed by atoms with Crippen molar-refractivity contribution in [2.24, 2.45) is 0 Å². The first kappa shape index (κ1) is 15.8. The van der Waals surface area contributed by atoms with Crippen molar-refractivity contribution in [3.63, 3.8) is 0 Å². The summed E-state index contributed by atoms with van der Waals surface area (Å²) in [6.45, 7) is 2.59. The molecule has 0 aliphatic carbocycles. The van der Waals surface area contributed by atoms with Gasteiger partial charge in [-0.1, -0.05) is 6.07 Å². The lowest BCUT2D eigenvalue weighted by molar-refractivity contribution is 0.0696. The summed E-state index contributed by atoms with van der Waals surface area (Å²) in [6.07, 6.45) is 1.34. The van der Waals surface area contributed by atoms with E-state index in [9.17, 15) is 4.79 Å². The average Bonchev–Trinajstić information content (AvgIpc) is 2.97. The fraction of sp³-hybridized carbons (Fsp3) is 0.235. The molecule has 124 valence electrons. The van der Waals surface area contributed by atoms with Crippen LogP contribution in [0.1, 0.15) is 17.3 Å². The van der Waals surface area contributed by atoms with Crippen LogP contribution < -0.4 is 9.47 Å². The third-order valence-electron chi connectivity index (χ3n) is 3.80. The van der Waals surface area contributed by atoms with E-state index < -0.39 is 5.97 Å². The summed E-state index contributed by atoms with van der Waals surface area (Å²) >= 11 is 0. The lowest BCUT2D eigenvalue weighted by Gasteiger charge is -2.13. The lowest BCUT2D eigenvalue weighted by Crippen LogP contribution is -2.02. The van der Waals surface area contributed by atoms with E-state index in [-0.39, 0.29) is 5.56 Å². The van der Waals surface area contributed by atoms with Crippen molar-refractivity contribution in [2.45, 2.75) is 13.5 Å². The molecule has 0 aliphatic heterocycles. The molecule has 1 aromatic carbocycles. The molecule has 0 radical (unpaired) electrons. The number of methoxy groups -OCH3 is 2. The van der Waals surface area contributed by atoms with E-state index in [0.717, 1.165) is 0 Å². The van der Waals surface area contributed by atoms with Crippen LogP contribution in [0.4, 0.5) is 0 Å². The molecule has 0 saturated carbocycles. The Hall–Kier alpha value is -3.09. The van der Waals surface area contributed by atoms with E-state index in [1.807, 2.05) is 29.7 Å². The largest absolute Gasteiger partial charge is 0.496 e. The SMILES string of the molecule is CCn1c(-c2c(OC)cccc2OC)nc2cc(C(=O)O)cnc21. The van der Waals surface area contributed by atoms with Gasteiger partial charge in [0.15, 0.2) is 5.65 Å². The summed E-state index contributed by atoms with van der Waals surface area (Å²) in [5, 5.41) is 9.14. The lowest BCUT2D eigenvalue weighted by atomic mass is 10.1. The number of nitrogens with zero attached hydrogens (tertiary/aromatic N) is 3. The van der Waals surface area contributed by atoms with Crippen LogP contribution in [0.5, 0.6) is 11.5 Å². The molecule has 3 aromatic rings. The molecule has 7 heteroatoms. The molecule has 2 aromatic heterocycles. The molecule has 7 nitrogen and oxygen atoms in total. The van der Waals surface area contributed by atoms with Crippen LogP contribution >= 0.6 is 0 Å². The van der Waals surface area contributed by atoms with Gasteiger partial charge in [0.2, 0.25) is 0 Å². The van der Waals surface area contributed by atoms with E-state index in [1.165, 1.54) is 12.3 Å². The van der Waals surface area contributed by atoms with Gasteiger partial charge in [0.25, 0.3) is 0 Å². The van der Waals surface area contributed by atoms with Crippen molar-refractivity contribution in [3.8, 4) is 22.9 Å². The Morgan fingerprint density at radius 2 is 1.92 bits per heavy atom. The number of hydrogen-bond acceptors (Lipinski definition) is 5. The molecule has 0 saturated heterocycles. The third kappa shape index (κ3) is 2.44. The molecule has 2 heterocycles. The molecule has 0 amide bonds. The normalized spacial score (nSPS) is 10.8. The first-order chi connectivity index (χ1) is 11.6. The minimum absolute atomic E-state index is 0.0989. The zero-order valence-electron chi connectivity index (χ0n) is 13.6. The predicted octanol–water partition coefficient (Wildman–Crippen LogP) is 2.83. The minimum atomic E-state index is -1.04. The molecule has 0 aliphatic rings. The van der Waals surface area contributed by atoms with Crippen molar-refractivity contribution in [1.29, 1.82) is 0 Å². The molecule has 0 unspecified atom stereocenters. The first-order valence-electron chi connectivity index (χ1n) is 7.41. The highest BCUT2D eigenvalue weighted by Crippen LogP contribution is 2.38. The molecule has 0 fully saturated rings. The van der Waals surface area contributed by atoms with Crippen LogP contribution in [0.3, 0.4) is 0 Å². The Morgan fingerprint density at radius 3 is 2.46 bits per heavy atom. The number of carbonyl (C=O) groups is 1. The number of fused-ring (bicyclic) bond motifs is 1. The maximum absolute atomic E-state index is 11.2. The fourth-order valence-electron chi connectivity index (χ4n) is 2.69. The highest BCUT2D eigenvalue weighted by Gasteiger charge is 2.21. The van der Waals surface area contributed by atoms with Gasteiger partial charge in [0.1, 0.15) is 28.4 Å². The number of carboxylic acid groups (broad SMARTS) is 1. The molecule has 0 atom stereocenters. The number of carboxylic acids is 1. The Kier molecular flexibility index (Phi) is 4.07. The second-order valence-electron chi connectivity index (χ2n) is 5.09. The highest BCUT2D eigenvalue weighted by atomic mass is 16.5. The van der Waals surface area contributed by atoms with Crippen molar-refractivity contribution >= 4 is 17.1 Å². The van der Waals surface area contributed by atoms with Crippen LogP contribution in [0, 0.1) is 0 Å². The van der Waals surface area contributed by atoms with Crippen molar-refractivity contribution in [2.75, 3.05) is 14.2 Å². The monoisotopic (exact) mass is 327 g/mol. The Morgan fingerprint density at radius 1 is 1.25 bits per heavy atom. The van der Waals surface area contributed by atoms with Crippen molar-refractivity contribution in [1.82, 2.24) is 14.5 Å². The maximum atomic E-state index is 11.2. The zero-order valence-corrected chi connectivity index (χ0v) is 13.6. The quantitative estimate of drug-likeness (QED) is 0.775. The molecular formula is C17H17N3O4. The van der Waals surface area contributed by atoms with Gasteiger partial charge in [0, 0.05) is 12.7 Å². The van der Waals surface area contributed by atoms with E-state index >= 15 is 0 Å². The Labute approximate surface area is 138 Å². The average molecular weight is 327 g/mol.